The fourth-order valence-electron chi connectivity index (χ4n) is 1.88. The third-order valence-electron chi connectivity index (χ3n) is 2.84. The largest absolute Gasteiger partial charge is 0.491 e. The molecule has 0 radical (unpaired) electrons. The number of rotatable bonds is 4. The van der Waals surface area contributed by atoms with Gasteiger partial charge in [0.15, 0.2) is 0 Å². The van der Waals surface area contributed by atoms with E-state index in [0.717, 1.165) is 0 Å². The Morgan fingerprint density at radius 2 is 1.88 bits per heavy atom. The maximum absolute atomic E-state index is 9.37. The summed E-state index contributed by atoms with van der Waals surface area (Å²) < 4.78 is 5.53. The van der Waals surface area contributed by atoms with E-state index in [-0.39, 0.29) is 0 Å². The smallest absolute Gasteiger partial charge is 0.137 e. The third-order valence-corrected chi connectivity index (χ3v) is 3.15. The van der Waals surface area contributed by atoms with Crippen molar-refractivity contribution in [3.8, 4) is 5.75 Å². The molecule has 0 spiro atoms. The van der Waals surface area contributed by atoms with Gasteiger partial charge in [-0.3, -0.25) is 4.90 Å². The van der Waals surface area contributed by atoms with Crippen LogP contribution in [0.5, 0.6) is 5.75 Å². The van der Waals surface area contributed by atoms with Crippen molar-refractivity contribution in [1.29, 1.82) is 0 Å². The van der Waals surface area contributed by atoms with Crippen molar-refractivity contribution in [3.05, 3.63) is 29.3 Å². The van der Waals surface area contributed by atoms with Crippen molar-refractivity contribution in [2.24, 2.45) is 0 Å². The molecule has 2 rings (SSSR count). The topological polar surface area (TPSA) is 52.9 Å². The Morgan fingerprint density at radius 1 is 1.24 bits per heavy atom. The lowest BCUT2D eigenvalue weighted by atomic mass is 10.3. The number of aliphatic hydroxyl groups is 2. The van der Waals surface area contributed by atoms with E-state index in [9.17, 15) is 10.2 Å². The fourth-order valence-corrected chi connectivity index (χ4v) is 2.07. The van der Waals surface area contributed by atoms with Crippen LogP contribution in [0.2, 0.25) is 5.02 Å². The number of para-hydroxylation sites is 1. The highest BCUT2D eigenvalue weighted by atomic mass is 35.5. The van der Waals surface area contributed by atoms with Crippen LogP contribution in [0.15, 0.2) is 24.3 Å². The average Bonchev–Trinajstić information content (AvgIpc) is 2.61. The molecule has 17 heavy (non-hydrogen) atoms. The Hall–Kier alpha value is -0.810. The van der Waals surface area contributed by atoms with Gasteiger partial charge in [0.1, 0.15) is 12.4 Å². The maximum Gasteiger partial charge on any atom is 0.137 e. The summed E-state index contributed by atoms with van der Waals surface area (Å²) in [5.74, 6) is 0.662. The minimum absolute atomic E-state index is 0.489. The van der Waals surface area contributed by atoms with Crippen molar-refractivity contribution in [3.63, 3.8) is 0 Å². The minimum atomic E-state index is -0.643. The first-order valence-corrected chi connectivity index (χ1v) is 6.00. The summed E-state index contributed by atoms with van der Waals surface area (Å²) in [5, 5.41) is 19.3. The Kier molecular flexibility index (Phi) is 4.23. The average molecular weight is 258 g/mol. The molecule has 5 heteroatoms. The van der Waals surface area contributed by atoms with E-state index in [1.165, 1.54) is 0 Å². The summed E-state index contributed by atoms with van der Waals surface area (Å²) in [6.07, 6.45) is -1.29. The predicted octanol–water partition coefficient (Wildman–Crippen LogP) is 0.756. The number of aliphatic hydroxyl groups excluding tert-OH is 2. The summed E-state index contributed by atoms with van der Waals surface area (Å²) in [4.78, 5) is 1.96. The number of nitrogens with zero attached hydrogens (tertiary/aromatic N) is 1. The Balaban J connectivity index is 1.75. The van der Waals surface area contributed by atoms with Gasteiger partial charge in [-0.05, 0) is 12.1 Å². The molecular formula is C12H16ClNO3. The Bertz CT molecular complexity index is 365. The first kappa shape index (κ1) is 12.6. The normalized spacial score (nSPS) is 25.1. The molecule has 2 unspecified atom stereocenters. The molecule has 1 aromatic rings. The zero-order valence-electron chi connectivity index (χ0n) is 9.42. The molecule has 0 saturated carbocycles. The standard InChI is InChI=1S/C12H16ClNO3/c13-9-3-1-2-4-12(9)17-6-5-14-7-10(15)11(16)8-14/h1-4,10-11,15-16H,5-8H2. The molecule has 1 saturated heterocycles. The number of hydrogen-bond donors (Lipinski definition) is 2. The van der Waals surface area contributed by atoms with E-state index in [0.29, 0.717) is 37.0 Å². The first-order chi connectivity index (χ1) is 8.16. The van der Waals surface area contributed by atoms with Gasteiger partial charge in [0, 0.05) is 19.6 Å². The van der Waals surface area contributed by atoms with Crippen LogP contribution >= 0.6 is 11.6 Å². The second kappa shape index (κ2) is 5.69. The zero-order valence-corrected chi connectivity index (χ0v) is 10.2. The minimum Gasteiger partial charge on any atom is -0.491 e. The highest BCUT2D eigenvalue weighted by Crippen LogP contribution is 2.23. The van der Waals surface area contributed by atoms with Crippen LogP contribution in [0, 0.1) is 0 Å². The van der Waals surface area contributed by atoms with Crippen LogP contribution in [0.3, 0.4) is 0 Å². The Morgan fingerprint density at radius 3 is 2.53 bits per heavy atom. The molecule has 1 aromatic carbocycles. The van der Waals surface area contributed by atoms with Gasteiger partial charge in [-0.15, -0.1) is 0 Å². The van der Waals surface area contributed by atoms with Gasteiger partial charge in [-0.1, -0.05) is 23.7 Å². The number of hydrogen-bond acceptors (Lipinski definition) is 4. The van der Waals surface area contributed by atoms with Crippen LogP contribution in [0.25, 0.3) is 0 Å². The summed E-state index contributed by atoms with van der Waals surface area (Å²) in [6, 6.07) is 7.31. The summed E-state index contributed by atoms with van der Waals surface area (Å²) in [5.41, 5.74) is 0. The molecule has 0 aromatic heterocycles. The van der Waals surface area contributed by atoms with E-state index < -0.39 is 12.2 Å². The molecule has 1 aliphatic heterocycles. The molecule has 2 atom stereocenters. The fraction of sp³-hybridized carbons (Fsp3) is 0.500. The second-order valence-corrected chi connectivity index (χ2v) is 4.58. The van der Waals surface area contributed by atoms with Crippen LogP contribution in [0.4, 0.5) is 0 Å². The first-order valence-electron chi connectivity index (χ1n) is 5.62. The monoisotopic (exact) mass is 257 g/mol. The quantitative estimate of drug-likeness (QED) is 0.836. The van der Waals surface area contributed by atoms with Crippen LogP contribution < -0.4 is 4.74 Å². The van der Waals surface area contributed by atoms with Crippen molar-refractivity contribution in [2.75, 3.05) is 26.2 Å². The number of halogens is 1. The SMILES string of the molecule is OC1CN(CCOc2ccccc2Cl)CC1O. The molecular weight excluding hydrogens is 242 g/mol. The predicted molar refractivity (Wildman–Crippen MR) is 65.4 cm³/mol. The van der Waals surface area contributed by atoms with Gasteiger partial charge in [0.2, 0.25) is 0 Å². The second-order valence-electron chi connectivity index (χ2n) is 4.17. The summed E-state index contributed by atoms with van der Waals surface area (Å²) >= 11 is 5.95. The van der Waals surface area contributed by atoms with E-state index in [2.05, 4.69) is 0 Å². The summed E-state index contributed by atoms with van der Waals surface area (Å²) in [7, 11) is 0. The van der Waals surface area contributed by atoms with Crippen LogP contribution in [-0.4, -0.2) is 53.6 Å². The number of β-amino-alcohol motifs (C(OH)–C–C–N with tert-alkyl or cyclic N) is 2. The van der Waals surface area contributed by atoms with Crippen molar-refractivity contribution < 1.29 is 14.9 Å². The molecule has 1 fully saturated rings. The van der Waals surface area contributed by atoms with Gasteiger partial charge >= 0.3 is 0 Å². The van der Waals surface area contributed by atoms with E-state index >= 15 is 0 Å². The maximum atomic E-state index is 9.37. The van der Waals surface area contributed by atoms with E-state index in [4.69, 9.17) is 16.3 Å². The number of benzene rings is 1. The van der Waals surface area contributed by atoms with Crippen molar-refractivity contribution in [2.45, 2.75) is 12.2 Å². The van der Waals surface area contributed by atoms with Gasteiger partial charge in [0.25, 0.3) is 0 Å². The number of likely N-dealkylation sites (tertiary alicyclic amines) is 1. The molecule has 94 valence electrons. The zero-order chi connectivity index (χ0) is 12.3. The summed E-state index contributed by atoms with van der Waals surface area (Å²) in [6.45, 7) is 2.14. The highest BCUT2D eigenvalue weighted by Gasteiger charge is 2.28. The molecule has 2 N–H and O–H groups in total. The van der Waals surface area contributed by atoms with Gasteiger partial charge in [-0.2, -0.15) is 0 Å². The van der Waals surface area contributed by atoms with Crippen molar-refractivity contribution >= 4 is 11.6 Å². The van der Waals surface area contributed by atoms with Crippen LogP contribution in [0.1, 0.15) is 0 Å². The molecule has 0 bridgehead atoms. The molecule has 0 amide bonds. The lowest BCUT2D eigenvalue weighted by molar-refractivity contribution is 0.0572. The lowest BCUT2D eigenvalue weighted by Gasteiger charge is -2.15. The molecule has 0 aliphatic carbocycles. The van der Waals surface area contributed by atoms with E-state index in [1.807, 2.05) is 23.1 Å². The Labute approximate surface area is 105 Å². The van der Waals surface area contributed by atoms with Gasteiger partial charge in [0.05, 0.1) is 17.2 Å². The molecule has 1 aliphatic rings. The highest BCUT2D eigenvalue weighted by molar-refractivity contribution is 6.32. The number of ether oxygens (including phenoxy) is 1. The molecule has 4 nitrogen and oxygen atoms in total. The molecule has 1 heterocycles. The van der Waals surface area contributed by atoms with Crippen molar-refractivity contribution in [1.82, 2.24) is 4.90 Å². The van der Waals surface area contributed by atoms with E-state index in [1.54, 1.807) is 6.07 Å². The third kappa shape index (κ3) is 3.33. The van der Waals surface area contributed by atoms with Crippen LogP contribution in [-0.2, 0) is 0 Å². The van der Waals surface area contributed by atoms with Gasteiger partial charge in [-0.25, -0.2) is 0 Å². The lowest BCUT2D eigenvalue weighted by Crippen LogP contribution is -2.27. The van der Waals surface area contributed by atoms with Gasteiger partial charge < -0.3 is 14.9 Å².